The molecule has 1 aromatic heterocycles. The first kappa shape index (κ1) is 11.2. The average molecular weight is 236 g/mol. The summed E-state index contributed by atoms with van der Waals surface area (Å²) in [7, 11) is 0. The lowest BCUT2D eigenvalue weighted by molar-refractivity contribution is 0.787. The van der Waals surface area contributed by atoms with E-state index in [9.17, 15) is 4.79 Å². The molecule has 2 aromatic rings. The van der Waals surface area contributed by atoms with Gasteiger partial charge in [0.1, 0.15) is 0 Å². The summed E-state index contributed by atoms with van der Waals surface area (Å²) in [6, 6.07) is 5.37. The van der Waals surface area contributed by atoms with Gasteiger partial charge in [-0.2, -0.15) is 0 Å². The van der Waals surface area contributed by atoms with Crippen LogP contribution in [-0.4, -0.2) is 4.57 Å². The number of aryl methyl sites for hydroxylation is 2. The molecule has 1 heterocycles. The molecular weight excluding hydrogens is 222 g/mol. The second kappa shape index (κ2) is 4.30. The highest BCUT2D eigenvalue weighted by atomic mass is 35.5. The van der Waals surface area contributed by atoms with Gasteiger partial charge in [0.25, 0.3) is 0 Å². The third-order valence-electron chi connectivity index (χ3n) is 2.85. The molecule has 0 atom stereocenters. The molecule has 1 aromatic carbocycles. The first-order chi connectivity index (χ1) is 7.67. The minimum absolute atomic E-state index is 0.0771. The van der Waals surface area contributed by atoms with Gasteiger partial charge in [-0.05, 0) is 31.0 Å². The molecule has 2 rings (SSSR count). The molecule has 0 N–H and O–H groups in total. The molecule has 2 nitrogen and oxygen atoms in total. The first-order valence-corrected chi connectivity index (χ1v) is 5.86. The predicted molar refractivity (Wildman–Crippen MR) is 68.3 cm³/mol. The van der Waals surface area contributed by atoms with Crippen LogP contribution in [0.3, 0.4) is 0 Å². The Hall–Kier alpha value is -1.28. The molecule has 0 spiro atoms. The van der Waals surface area contributed by atoms with E-state index >= 15 is 0 Å². The molecule has 3 heteroatoms. The number of hydrogen-bond donors (Lipinski definition) is 0. The number of benzene rings is 1. The number of nitrogens with zero attached hydrogens (tertiary/aromatic N) is 1. The number of fused-ring (bicyclic) bond motifs is 1. The van der Waals surface area contributed by atoms with E-state index in [1.807, 2.05) is 29.8 Å². The minimum atomic E-state index is 0.0771. The second-order valence-corrected chi connectivity index (χ2v) is 4.22. The van der Waals surface area contributed by atoms with Crippen LogP contribution in [0.4, 0.5) is 0 Å². The van der Waals surface area contributed by atoms with Crippen molar-refractivity contribution in [2.24, 2.45) is 0 Å². The summed E-state index contributed by atoms with van der Waals surface area (Å²) in [4.78, 5) is 11.9. The van der Waals surface area contributed by atoms with Gasteiger partial charge in [-0.1, -0.05) is 18.5 Å². The normalized spacial score (nSPS) is 10.9. The van der Waals surface area contributed by atoms with Crippen LogP contribution in [0, 0.1) is 0 Å². The zero-order chi connectivity index (χ0) is 11.7. The second-order valence-electron chi connectivity index (χ2n) is 3.78. The van der Waals surface area contributed by atoms with Crippen LogP contribution < -0.4 is 5.43 Å². The molecule has 16 heavy (non-hydrogen) atoms. The van der Waals surface area contributed by atoms with Crippen LogP contribution in [-0.2, 0) is 13.0 Å². The van der Waals surface area contributed by atoms with E-state index in [1.165, 1.54) is 0 Å². The molecule has 0 aliphatic rings. The minimum Gasteiger partial charge on any atom is -0.347 e. The van der Waals surface area contributed by atoms with Crippen LogP contribution in [0.2, 0.25) is 5.02 Å². The monoisotopic (exact) mass is 235 g/mol. The molecule has 0 fully saturated rings. The average Bonchev–Trinajstić information content (AvgIpc) is 2.28. The Morgan fingerprint density at radius 2 is 2.06 bits per heavy atom. The largest absolute Gasteiger partial charge is 0.347 e. The Morgan fingerprint density at radius 1 is 1.31 bits per heavy atom. The van der Waals surface area contributed by atoms with Crippen molar-refractivity contribution >= 4 is 22.5 Å². The Kier molecular flexibility index (Phi) is 3.01. The van der Waals surface area contributed by atoms with Gasteiger partial charge in [-0.3, -0.25) is 4.79 Å². The van der Waals surface area contributed by atoms with Crippen LogP contribution in [0.25, 0.3) is 10.9 Å². The van der Waals surface area contributed by atoms with Crippen LogP contribution in [0.1, 0.15) is 19.4 Å². The van der Waals surface area contributed by atoms with E-state index < -0.39 is 0 Å². The maximum absolute atomic E-state index is 11.9. The summed E-state index contributed by atoms with van der Waals surface area (Å²) in [5.74, 6) is 0. The fourth-order valence-electron chi connectivity index (χ4n) is 2.03. The van der Waals surface area contributed by atoms with E-state index in [0.29, 0.717) is 5.02 Å². The van der Waals surface area contributed by atoms with Gasteiger partial charge in [0.15, 0.2) is 5.43 Å². The molecule has 0 unspecified atom stereocenters. The lowest BCUT2D eigenvalue weighted by atomic mass is 10.1. The van der Waals surface area contributed by atoms with E-state index in [1.54, 1.807) is 6.07 Å². The van der Waals surface area contributed by atoms with Gasteiger partial charge in [0, 0.05) is 29.2 Å². The van der Waals surface area contributed by atoms with Crippen LogP contribution in [0.15, 0.2) is 29.2 Å². The number of hydrogen-bond acceptors (Lipinski definition) is 1. The van der Waals surface area contributed by atoms with E-state index in [2.05, 4.69) is 6.92 Å². The molecule has 0 radical (unpaired) electrons. The maximum Gasteiger partial charge on any atom is 0.189 e. The Morgan fingerprint density at radius 3 is 2.69 bits per heavy atom. The summed E-state index contributed by atoms with van der Waals surface area (Å²) in [6.07, 6.45) is 2.64. The van der Waals surface area contributed by atoms with Crippen molar-refractivity contribution in [3.63, 3.8) is 0 Å². The summed E-state index contributed by atoms with van der Waals surface area (Å²) in [5.41, 5.74) is 2.03. The number of aromatic nitrogens is 1. The SMILES string of the molecule is CCc1cc(Cl)cc2c1c(=O)ccn2CC. The van der Waals surface area contributed by atoms with Gasteiger partial charge in [0.05, 0.1) is 5.52 Å². The van der Waals surface area contributed by atoms with Gasteiger partial charge in [-0.25, -0.2) is 0 Å². The molecule has 84 valence electrons. The highest BCUT2D eigenvalue weighted by molar-refractivity contribution is 6.31. The van der Waals surface area contributed by atoms with Gasteiger partial charge in [0.2, 0.25) is 0 Å². The van der Waals surface area contributed by atoms with Crippen LogP contribution in [0.5, 0.6) is 0 Å². The highest BCUT2D eigenvalue weighted by Gasteiger charge is 2.07. The third kappa shape index (κ3) is 1.74. The number of rotatable bonds is 2. The zero-order valence-corrected chi connectivity index (χ0v) is 10.2. The third-order valence-corrected chi connectivity index (χ3v) is 3.07. The smallest absolute Gasteiger partial charge is 0.189 e. The molecular formula is C13H14ClNO. The van der Waals surface area contributed by atoms with Crippen molar-refractivity contribution in [2.45, 2.75) is 26.8 Å². The maximum atomic E-state index is 11.9. The van der Waals surface area contributed by atoms with Gasteiger partial charge >= 0.3 is 0 Å². The summed E-state index contributed by atoms with van der Waals surface area (Å²) in [6.45, 7) is 4.92. The molecule has 0 aliphatic carbocycles. The highest BCUT2D eigenvalue weighted by Crippen LogP contribution is 2.22. The van der Waals surface area contributed by atoms with E-state index in [4.69, 9.17) is 11.6 Å². The van der Waals surface area contributed by atoms with Crippen LogP contribution >= 0.6 is 11.6 Å². The molecule has 0 saturated carbocycles. The fourth-order valence-corrected chi connectivity index (χ4v) is 2.27. The standard InChI is InChI=1S/C13H14ClNO/c1-3-9-7-10(14)8-11-13(9)12(16)5-6-15(11)4-2/h5-8H,3-4H2,1-2H3. The quantitative estimate of drug-likeness (QED) is 0.783. The number of halogens is 1. The Bertz CT molecular complexity index is 586. The summed E-state index contributed by atoms with van der Waals surface area (Å²) in [5, 5.41) is 1.49. The fraction of sp³-hybridized carbons (Fsp3) is 0.308. The number of pyridine rings is 1. The molecule has 0 aliphatic heterocycles. The summed E-state index contributed by atoms with van der Waals surface area (Å²) >= 11 is 6.07. The Balaban J connectivity index is 2.96. The van der Waals surface area contributed by atoms with Gasteiger partial charge in [-0.15, -0.1) is 0 Å². The zero-order valence-electron chi connectivity index (χ0n) is 9.46. The Labute approximate surface area is 99.5 Å². The first-order valence-electron chi connectivity index (χ1n) is 5.49. The van der Waals surface area contributed by atoms with Crippen molar-refractivity contribution in [3.05, 3.63) is 45.2 Å². The van der Waals surface area contributed by atoms with Crippen molar-refractivity contribution in [1.29, 1.82) is 0 Å². The van der Waals surface area contributed by atoms with Crippen molar-refractivity contribution in [1.82, 2.24) is 4.57 Å². The van der Waals surface area contributed by atoms with Gasteiger partial charge < -0.3 is 4.57 Å². The lowest BCUT2D eigenvalue weighted by Gasteiger charge is -2.11. The van der Waals surface area contributed by atoms with Crippen molar-refractivity contribution < 1.29 is 0 Å². The lowest BCUT2D eigenvalue weighted by Crippen LogP contribution is -2.09. The predicted octanol–water partition coefficient (Wildman–Crippen LogP) is 3.24. The molecule has 0 bridgehead atoms. The van der Waals surface area contributed by atoms with E-state index in [0.717, 1.165) is 29.4 Å². The van der Waals surface area contributed by atoms with Crippen molar-refractivity contribution in [2.75, 3.05) is 0 Å². The molecule has 0 amide bonds. The van der Waals surface area contributed by atoms with Crippen molar-refractivity contribution in [3.8, 4) is 0 Å². The molecule has 0 saturated heterocycles. The topological polar surface area (TPSA) is 22.0 Å². The summed E-state index contributed by atoms with van der Waals surface area (Å²) < 4.78 is 2.04. The van der Waals surface area contributed by atoms with E-state index in [-0.39, 0.29) is 5.43 Å².